The third-order valence-electron chi connectivity index (χ3n) is 4.25. The standard InChI is InChI=1S/C15H28N4/c1-15(2,13-4-6-16-10-13)12-18-7-5-14-11-17-8-9-19(14)3/h4,6,10,14,16-18H,5,7-9,11-12H2,1-3H3. The molecule has 0 bridgehead atoms. The Hall–Kier alpha value is -0.840. The molecular weight excluding hydrogens is 236 g/mol. The Bertz CT molecular complexity index is 358. The van der Waals surface area contributed by atoms with E-state index in [1.165, 1.54) is 18.5 Å². The van der Waals surface area contributed by atoms with E-state index in [0.717, 1.165) is 26.2 Å². The largest absolute Gasteiger partial charge is 0.367 e. The summed E-state index contributed by atoms with van der Waals surface area (Å²) in [6.45, 7) is 10.1. The number of hydrogen-bond donors (Lipinski definition) is 3. The van der Waals surface area contributed by atoms with Crippen molar-refractivity contribution in [1.82, 2.24) is 20.5 Å². The highest BCUT2D eigenvalue weighted by Gasteiger charge is 2.21. The Balaban J connectivity index is 1.69. The van der Waals surface area contributed by atoms with Gasteiger partial charge in [-0.25, -0.2) is 0 Å². The lowest BCUT2D eigenvalue weighted by atomic mass is 9.86. The van der Waals surface area contributed by atoms with Gasteiger partial charge in [0.25, 0.3) is 0 Å². The molecule has 0 amide bonds. The second-order valence-corrected chi connectivity index (χ2v) is 6.29. The molecule has 4 nitrogen and oxygen atoms in total. The summed E-state index contributed by atoms with van der Waals surface area (Å²) in [5.74, 6) is 0. The maximum absolute atomic E-state index is 3.61. The van der Waals surface area contributed by atoms with Crippen LogP contribution in [0.2, 0.25) is 0 Å². The molecule has 1 aromatic heterocycles. The number of aromatic nitrogens is 1. The van der Waals surface area contributed by atoms with Crippen molar-refractivity contribution in [3.05, 3.63) is 24.0 Å². The first-order chi connectivity index (χ1) is 9.09. The second-order valence-electron chi connectivity index (χ2n) is 6.29. The second kappa shape index (κ2) is 6.55. The summed E-state index contributed by atoms with van der Waals surface area (Å²) in [6.07, 6.45) is 5.31. The minimum atomic E-state index is 0.191. The van der Waals surface area contributed by atoms with Gasteiger partial charge in [0.05, 0.1) is 0 Å². The van der Waals surface area contributed by atoms with Crippen molar-refractivity contribution in [3.8, 4) is 0 Å². The molecule has 3 N–H and O–H groups in total. The summed E-state index contributed by atoms with van der Waals surface area (Å²) in [4.78, 5) is 5.61. The maximum Gasteiger partial charge on any atom is 0.0230 e. The molecule has 108 valence electrons. The molecule has 1 aliphatic heterocycles. The molecule has 1 atom stereocenters. The lowest BCUT2D eigenvalue weighted by molar-refractivity contribution is 0.189. The Kier molecular flexibility index (Phi) is 5.02. The van der Waals surface area contributed by atoms with E-state index in [2.05, 4.69) is 53.7 Å². The quantitative estimate of drug-likeness (QED) is 0.676. The van der Waals surface area contributed by atoms with Gasteiger partial charge in [0.15, 0.2) is 0 Å². The highest BCUT2D eigenvalue weighted by Crippen LogP contribution is 2.21. The van der Waals surface area contributed by atoms with Crippen LogP contribution in [0.3, 0.4) is 0 Å². The Labute approximate surface area is 117 Å². The molecule has 1 aliphatic rings. The van der Waals surface area contributed by atoms with Gasteiger partial charge in [0.2, 0.25) is 0 Å². The van der Waals surface area contributed by atoms with E-state index in [1.807, 2.05) is 6.20 Å². The van der Waals surface area contributed by atoms with Crippen LogP contribution in [-0.4, -0.2) is 55.7 Å². The number of rotatable bonds is 6. The molecule has 1 fully saturated rings. The first kappa shape index (κ1) is 14.6. The van der Waals surface area contributed by atoms with E-state index in [-0.39, 0.29) is 5.41 Å². The van der Waals surface area contributed by atoms with Crippen LogP contribution in [-0.2, 0) is 5.41 Å². The van der Waals surface area contributed by atoms with Crippen LogP contribution in [0.25, 0.3) is 0 Å². The van der Waals surface area contributed by atoms with Gasteiger partial charge in [-0.2, -0.15) is 0 Å². The van der Waals surface area contributed by atoms with E-state index in [4.69, 9.17) is 0 Å². The minimum absolute atomic E-state index is 0.191. The van der Waals surface area contributed by atoms with Crippen LogP contribution in [0.1, 0.15) is 25.8 Å². The van der Waals surface area contributed by atoms with Crippen molar-refractivity contribution in [2.75, 3.05) is 39.8 Å². The Morgan fingerprint density at radius 1 is 1.47 bits per heavy atom. The van der Waals surface area contributed by atoms with Crippen LogP contribution < -0.4 is 10.6 Å². The van der Waals surface area contributed by atoms with E-state index >= 15 is 0 Å². The minimum Gasteiger partial charge on any atom is -0.367 e. The highest BCUT2D eigenvalue weighted by atomic mass is 15.2. The van der Waals surface area contributed by atoms with E-state index in [1.54, 1.807) is 0 Å². The Morgan fingerprint density at radius 2 is 2.32 bits per heavy atom. The maximum atomic E-state index is 3.61. The molecule has 2 heterocycles. The molecule has 19 heavy (non-hydrogen) atoms. The average molecular weight is 264 g/mol. The van der Waals surface area contributed by atoms with Crippen LogP contribution in [0.4, 0.5) is 0 Å². The molecule has 4 heteroatoms. The van der Waals surface area contributed by atoms with Gasteiger partial charge in [-0.1, -0.05) is 13.8 Å². The lowest BCUT2D eigenvalue weighted by Gasteiger charge is -2.33. The molecule has 0 saturated carbocycles. The number of likely N-dealkylation sites (N-methyl/N-ethyl adjacent to an activating group) is 1. The summed E-state index contributed by atoms with van der Waals surface area (Å²) in [6, 6.07) is 2.84. The van der Waals surface area contributed by atoms with Gasteiger partial charge >= 0.3 is 0 Å². The number of H-pyrrole nitrogens is 1. The third kappa shape index (κ3) is 4.06. The average Bonchev–Trinajstić information content (AvgIpc) is 2.91. The molecule has 0 aromatic carbocycles. The topological polar surface area (TPSA) is 43.1 Å². The van der Waals surface area contributed by atoms with Crippen molar-refractivity contribution in [2.24, 2.45) is 0 Å². The molecule has 1 saturated heterocycles. The zero-order valence-electron chi connectivity index (χ0n) is 12.5. The summed E-state index contributed by atoms with van der Waals surface area (Å²) in [7, 11) is 2.23. The van der Waals surface area contributed by atoms with E-state index in [0.29, 0.717) is 6.04 Å². The van der Waals surface area contributed by atoms with Crippen LogP contribution in [0, 0.1) is 0 Å². The number of aromatic amines is 1. The molecule has 0 spiro atoms. The summed E-state index contributed by atoms with van der Waals surface area (Å²) >= 11 is 0. The van der Waals surface area contributed by atoms with Gasteiger partial charge in [0, 0.05) is 50.0 Å². The Morgan fingerprint density at radius 3 is 3.00 bits per heavy atom. The number of nitrogens with zero attached hydrogens (tertiary/aromatic N) is 1. The molecular formula is C15H28N4. The van der Waals surface area contributed by atoms with Gasteiger partial charge < -0.3 is 20.5 Å². The number of hydrogen-bond acceptors (Lipinski definition) is 3. The predicted molar refractivity (Wildman–Crippen MR) is 80.6 cm³/mol. The fourth-order valence-electron chi connectivity index (χ4n) is 2.70. The number of nitrogens with one attached hydrogen (secondary N) is 3. The van der Waals surface area contributed by atoms with Gasteiger partial charge in [-0.3, -0.25) is 0 Å². The van der Waals surface area contributed by atoms with Gasteiger partial charge in [-0.05, 0) is 31.6 Å². The van der Waals surface area contributed by atoms with E-state index in [9.17, 15) is 0 Å². The van der Waals surface area contributed by atoms with Crippen LogP contribution >= 0.6 is 0 Å². The van der Waals surface area contributed by atoms with Crippen molar-refractivity contribution in [1.29, 1.82) is 0 Å². The normalized spacial score (nSPS) is 21.7. The monoisotopic (exact) mass is 264 g/mol. The summed E-state index contributed by atoms with van der Waals surface area (Å²) < 4.78 is 0. The fraction of sp³-hybridized carbons (Fsp3) is 0.733. The number of piperazine rings is 1. The van der Waals surface area contributed by atoms with Crippen molar-refractivity contribution < 1.29 is 0 Å². The molecule has 1 unspecified atom stereocenters. The summed E-state index contributed by atoms with van der Waals surface area (Å²) in [5.41, 5.74) is 1.56. The molecule has 1 aromatic rings. The SMILES string of the molecule is CN1CCNCC1CCNCC(C)(C)c1cc[nH]c1. The molecule has 0 aliphatic carbocycles. The molecule has 2 rings (SSSR count). The van der Waals surface area contributed by atoms with E-state index < -0.39 is 0 Å². The zero-order chi connectivity index (χ0) is 13.7. The smallest absolute Gasteiger partial charge is 0.0230 e. The third-order valence-corrected chi connectivity index (χ3v) is 4.25. The highest BCUT2D eigenvalue weighted by molar-refractivity contribution is 5.20. The predicted octanol–water partition coefficient (Wildman–Crippen LogP) is 1.18. The van der Waals surface area contributed by atoms with Crippen LogP contribution in [0.5, 0.6) is 0 Å². The van der Waals surface area contributed by atoms with Crippen molar-refractivity contribution in [2.45, 2.75) is 31.7 Å². The zero-order valence-corrected chi connectivity index (χ0v) is 12.5. The van der Waals surface area contributed by atoms with Gasteiger partial charge in [0.1, 0.15) is 0 Å². The van der Waals surface area contributed by atoms with Crippen molar-refractivity contribution in [3.63, 3.8) is 0 Å². The van der Waals surface area contributed by atoms with Crippen LogP contribution in [0.15, 0.2) is 18.5 Å². The first-order valence-electron chi connectivity index (χ1n) is 7.34. The first-order valence-corrected chi connectivity index (χ1v) is 7.34. The lowest BCUT2D eigenvalue weighted by Crippen LogP contribution is -2.50. The van der Waals surface area contributed by atoms with Crippen molar-refractivity contribution >= 4 is 0 Å². The fourth-order valence-corrected chi connectivity index (χ4v) is 2.70. The van der Waals surface area contributed by atoms with Gasteiger partial charge in [-0.15, -0.1) is 0 Å². The molecule has 0 radical (unpaired) electrons. The summed E-state index contributed by atoms with van der Waals surface area (Å²) in [5, 5.41) is 7.08.